The van der Waals surface area contributed by atoms with Crippen molar-refractivity contribution < 1.29 is 0 Å². The number of imidazole rings is 1. The quantitative estimate of drug-likeness (QED) is 0.782. The monoisotopic (exact) mass is 208 g/mol. The Morgan fingerprint density at radius 2 is 2.43 bits per heavy atom. The number of hydrogen-bond acceptors (Lipinski definition) is 4. The number of anilines is 1. The van der Waals surface area contributed by atoms with E-state index in [1.807, 2.05) is 23.1 Å². The molecule has 0 radical (unpaired) electrons. The minimum atomic E-state index is 0.876. The highest BCUT2D eigenvalue weighted by molar-refractivity contribution is 7.98. The first-order valence-corrected chi connectivity index (χ1v) is 5.69. The second-order valence-electron chi connectivity index (χ2n) is 2.82. The third-order valence-corrected chi connectivity index (χ3v) is 2.56. The van der Waals surface area contributed by atoms with E-state index >= 15 is 0 Å². The molecule has 5 heteroatoms. The fourth-order valence-corrected chi connectivity index (χ4v) is 1.84. The summed E-state index contributed by atoms with van der Waals surface area (Å²) in [7, 11) is 0. The maximum atomic E-state index is 4.45. The van der Waals surface area contributed by atoms with Crippen molar-refractivity contribution in [2.75, 3.05) is 18.1 Å². The molecule has 0 unspecified atom stereocenters. The summed E-state index contributed by atoms with van der Waals surface area (Å²) in [5.41, 5.74) is 0.916. The van der Waals surface area contributed by atoms with E-state index in [0.29, 0.717) is 0 Å². The van der Waals surface area contributed by atoms with Gasteiger partial charge < -0.3 is 9.72 Å². The van der Waals surface area contributed by atoms with Crippen molar-refractivity contribution in [1.82, 2.24) is 14.4 Å². The zero-order chi connectivity index (χ0) is 9.97. The average molecular weight is 208 g/mol. The van der Waals surface area contributed by atoms with Crippen LogP contribution in [0.15, 0.2) is 23.6 Å². The van der Waals surface area contributed by atoms with Crippen LogP contribution in [0.1, 0.15) is 6.92 Å². The maximum Gasteiger partial charge on any atom is 0.169 e. The SMILES string of the molecule is CCNc1cn2ccnc2c(SC)n1. The normalized spacial score (nSPS) is 10.7. The summed E-state index contributed by atoms with van der Waals surface area (Å²) in [6.45, 7) is 2.93. The van der Waals surface area contributed by atoms with Gasteiger partial charge in [0.05, 0.1) is 6.20 Å². The molecule has 0 atom stereocenters. The second kappa shape index (κ2) is 3.88. The van der Waals surface area contributed by atoms with Crippen LogP contribution < -0.4 is 5.32 Å². The van der Waals surface area contributed by atoms with Crippen LogP contribution in [0.2, 0.25) is 0 Å². The van der Waals surface area contributed by atoms with Crippen molar-refractivity contribution in [2.24, 2.45) is 0 Å². The number of rotatable bonds is 3. The molecule has 0 aliphatic carbocycles. The van der Waals surface area contributed by atoms with Gasteiger partial charge in [-0.2, -0.15) is 0 Å². The van der Waals surface area contributed by atoms with Crippen molar-refractivity contribution in [1.29, 1.82) is 0 Å². The van der Waals surface area contributed by atoms with Crippen LogP contribution in [0.3, 0.4) is 0 Å². The third-order valence-electron chi connectivity index (χ3n) is 1.89. The molecule has 0 aliphatic rings. The highest BCUT2D eigenvalue weighted by atomic mass is 32.2. The Morgan fingerprint density at radius 3 is 3.14 bits per heavy atom. The van der Waals surface area contributed by atoms with Crippen LogP contribution >= 0.6 is 11.8 Å². The summed E-state index contributed by atoms with van der Waals surface area (Å²) < 4.78 is 1.98. The fraction of sp³-hybridized carbons (Fsp3) is 0.333. The Bertz CT molecular complexity index is 437. The summed E-state index contributed by atoms with van der Waals surface area (Å²) in [5, 5.41) is 4.14. The molecule has 0 spiro atoms. The summed E-state index contributed by atoms with van der Waals surface area (Å²) in [6.07, 6.45) is 7.67. The van der Waals surface area contributed by atoms with Gasteiger partial charge in [0.15, 0.2) is 5.65 Å². The van der Waals surface area contributed by atoms with Gasteiger partial charge in [0, 0.05) is 18.9 Å². The van der Waals surface area contributed by atoms with Gasteiger partial charge in [-0.1, -0.05) is 0 Å². The van der Waals surface area contributed by atoms with Crippen LogP contribution in [0.4, 0.5) is 5.82 Å². The molecule has 0 aliphatic heterocycles. The van der Waals surface area contributed by atoms with Gasteiger partial charge in [0.2, 0.25) is 0 Å². The zero-order valence-electron chi connectivity index (χ0n) is 8.19. The summed E-state index contributed by atoms with van der Waals surface area (Å²) in [5.74, 6) is 0.891. The van der Waals surface area contributed by atoms with Crippen LogP contribution in [0, 0.1) is 0 Å². The topological polar surface area (TPSA) is 42.2 Å². The van der Waals surface area contributed by atoms with E-state index in [9.17, 15) is 0 Å². The van der Waals surface area contributed by atoms with Gasteiger partial charge in [-0.05, 0) is 13.2 Å². The molecule has 0 amide bonds. The molecule has 2 aromatic heterocycles. The summed E-state index contributed by atoms with van der Waals surface area (Å²) >= 11 is 1.61. The minimum Gasteiger partial charge on any atom is -0.369 e. The average Bonchev–Trinajstić information content (AvgIpc) is 2.65. The van der Waals surface area contributed by atoms with Gasteiger partial charge in [0.25, 0.3) is 0 Å². The largest absolute Gasteiger partial charge is 0.369 e. The summed E-state index contributed by atoms with van der Waals surface area (Å²) in [6, 6.07) is 0. The minimum absolute atomic E-state index is 0.876. The molecule has 14 heavy (non-hydrogen) atoms. The van der Waals surface area contributed by atoms with Crippen LogP contribution in [-0.4, -0.2) is 27.2 Å². The predicted molar refractivity (Wildman–Crippen MR) is 58.9 cm³/mol. The van der Waals surface area contributed by atoms with Crippen LogP contribution in [0.5, 0.6) is 0 Å². The van der Waals surface area contributed by atoms with Crippen LogP contribution in [-0.2, 0) is 0 Å². The predicted octanol–water partition coefficient (Wildman–Crippen LogP) is 1.88. The Kier molecular flexibility index (Phi) is 2.58. The molecular weight excluding hydrogens is 196 g/mol. The van der Waals surface area contributed by atoms with Crippen molar-refractivity contribution >= 4 is 23.2 Å². The van der Waals surface area contributed by atoms with Gasteiger partial charge in [-0.15, -0.1) is 11.8 Å². The van der Waals surface area contributed by atoms with Gasteiger partial charge >= 0.3 is 0 Å². The number of hydrogen-bond donors (Lipinski definition) is 1. The van der Waals surface area contributed by atoms with Crippen molar-refractivity contribution in [2.45, 2.75) is 11.9 Å². The first kappa shape index (κ1) is 9.33. The lowest BCUT2D eigenvalue weighted by Crippen LogP contribution is -2.02. The van der Waals surface area contributed by atoms with Crippen molar-refractivity contribution in [3.05, 3.63) is 18.6 Å². The highest BCUT2D eigenvalue weighted by Gasteiger charge is 2.05. The molecule has 0 fully saturated rings. The Labute approximate surface area is 86.8 Å². The molecule has 4 nitrogen and oxygen atoms in total. The molecule has 0 aromatic carbocycles. The Balaban J connectivity index is 2.55. The Hall–Kier alpha value is -1.23. The smallest absolute Gasteiger partial charge is 0.169 e. The number of nitrogens with one attached hydrogen (secondary N) is 1. The van der Waals surface area contributed by atoms with E-state index in [2.05, 4.69) is 22.2 Å². The third kappa shape index (κ3) is 1.55. The second-order valence-corrected chi connectivity index (χ2v) is 3.62. The standard InChI is InChI=1S/C9H12N4S/c1-3-10-7-6-13-5-4-11-8(13)9(12-7)14-2/h4-6,10H,3H2,1-2H3. The number of fused-ring (bicyclic) bond motifs is 1. The van der Waals surface area contributed by atoms with Gasteiger partial charge in [-0.25, -0.2) is 9.97 Å². The van der Waals surface area contributed by atoms with E-state index in [1.165, 1.54) is 0 Å². The van der Waals surface area contributed by atoms with E-state index in [0.717, 1.165) is 23.0 Å². The molecule has 2 heterocycles. The van der Waals surface area contributed by atoms with Crippen molar-refractivity contribution in [3.63, 3.8) is 0 Å². The first-order valence-electron chi connectivity index (χ1n) is 4.46. The molecule has 0 bridgehead atoms. The lowest BCUT2D eigenvalue weighted by atomic mass is 10.6. The van der Waals surface area contributed by atoms with Gasteiger partial charge in [0.1, 0.15) is 10.8 Å². The molecular formula is C9H12N4S. The van der Waals surface area contributed by atoms with Gasteiger partial charge in [-0.3, -0.25) is 0 Å². The Morgan fingerprint density at radius 1 is 1.57 bits per heavy atom. The maximum absolute atomic E-state index is 4.45. The number of thioether (sulfide) groups is 1. The molecule has 2 rings (SSSR count). The number of nitrogens with zero attached hydrogens (tertiary/aromatic N) is 3. The molecule has 0 saturated carbocycles. The van der Waals surface area contributed by atoms with E-state index in [-0.39, 0.29) is 0 Å². The molecule has 2 aromatic rings. The molecule has 0 saturated heterocycles. The van der Waals surface area contributed by atoms with E-state index in [1.54, 1.807) is 18.0 Å². The molecule has 1 N–H and O–H groups in total. The first-order chi connectivity index (χ1) is 6.85. The lowest BCUT2D eigenvalue weighted by molar-refractivity contribution is 1.02. The lowest BCUT2D eigenvalue weighted by Gasteiger charge is -2.05. The van der Waals surface area contributed by atoms with E-state index < -0.39 is 0 Å². The number of aromatic nitrogens is 3. The molecule has 74 valence electrons. The zero-order valence-corrected chi connectivity index (χ0v) is 9.01. The summed E-state index contributed by atoms with van der Waals surface area (Å²) in [4.78, 5) is 8.69. The van der Waals surface area contributed by atoms with E-state index in [4.69, 9.17) is 0 Å². The fourth-order valence-electron chi connectivity index (χ4n) is 1.31. The van der Waals surface area contributed by atoms with Crippen LogP contribution in [0.25, 0.3) is 5.65 Å². The highest BCUT2D eigenvalue weighted by Crippen LogP contribution is 2.19. The van der Waals surface area contributed by atoms with Crippen molar-refractivity contribution in [3.8, 4) is 0 Å².